The highest BCUT2D eigenvalue weighted by atomic mass is 35.5. The molecule has 2 aliphatic rings. The Balaban J connectivity index is 1.38. The number of halogens is 1. The van der Waals surface area contributed by atoms with E-state index >= 15 is 0 Å². The molecular weight excluding hydrogens is 390 g/mol. The van der Waals surface area contributed by atoms with E-state index in [1.54, 1.807) is 12.1 Å². The number of piperidine rings is 1. The van der Waals surface area contributed by atoms with E-state index in [4.69, 9.17) is 11.6 Å². The number of rotatable bonds is 3. The van der Waals surface area contributed by atoms with Gasteiger partial charge < -0.3 is 10.0 Å². The number of likely N-dealkylation sites (tertiary alicyclic amines) is 1. The van der Waals surface area contributed by atoms with E-state index in [9.17, 15) is 9.90 Å². The van der Waals surface area contributed by atoms with Crippen LogP contribution in [0.4, 0.5) is 0 Å². The molecule has 1 amide bonds. The van der Waals surface area contributed by atoms with Crippen molar-refractivity contribution in [2.24, 2.45) is 7.05 Å². The second kappa shape index (κ2) is 7.72. The lowest BCUT2D eigenvalue weighted by molar-refractivity contribution is -0.137. The van der Waals surface area contributed by atoms with Crippen LogP contribution in [0.2, 0.25) is 5.02 Å². The highest BCUT2D eigenvalue weighted by molar-refractivity contribution is 6.30. The first-order chi connectivity index (χ1) is 13.8. The maximum atomic E-state index is 13.0. The van der Waals surface area contributed by atoms with Crippen LogP contribution >= 0.6 is 11.6 Å². The number of aliphatic hydroxyl groups is 1. The van der Waals surface area contributed by atoms with Gasteiger partial charge in [0.15, 0.2) is 0 Å². The number of hydrazine groups is 1. The maximum absolute atomic E-state index is 13.0. The number of benzene rings is 1. The van der Waals surface area contributed by atoms with Gasteiger partial charge in [0.1, 0.15) is 6.04 Å². The number of hydrogen-bond acceptors (Lipinski definition) is 5. The summed E-state index contributed by atoms with van der Waals surface area (Å²) >= 11 is 5.96. The van der Waals surface area contributed by atoms with Crippen LogP contribution in [0, 0.1) is 13.8 Å². The van der Waals surface area contributed by atoms with E-state index in [-0.39, 0.29) is 18.0 Å². The van der Waals surface area contributed by atoms with Gasteiger partial charge in [-0.05, 0) is 50.8 Å². The molecular formula is C21H28ClN5O2. The minimum atomic E-state index is -0.908. The summed E-state index contributed by atoms with van der Waals surface area (Å²) in [5, 5.41) is 16.2. The minimum Gasteiger partial charge on any atom is -0.385 e. The van der Waals surface area contributed by atoms with Crippen molar-refractivity contribution in [2.75, 3.05) is 13.1 Å². The van der Waals surface area contributed by atoms with Crippen LogP contribution in [0.5, 0.6) is 0 Å². The molecule has 2 aliphatic heterocycles. The SMILES string of the molecule is Cc1nn(C)c(C)c1C1CC(C(=O)N2CCC(O)(c3ccc(Cl)cc3)CC2)NN1. The fraction of sp³-hybridized carbons (Fsp3) is 0.524. The van der Waals surface area contributed by atoms with Gasteiger partial charge in [0, 0.05) is 36.4 Å². The van der Waals surface area contributed by atoms with Crippen LogP contribution in [-0.4, -0.2) is 44.8 Å². The van der Waals surface area contributed by atoms with Gasteiger partial charge in [0.05, 0.1) is 17.3 Å². The summed E-state index contributed by atoms with van der Waals surface area (Å²) in [5.41, 5.74) is 9.65. The second-order valence-electron chi connectivity index (χ2n) is 8.20. The normalized spacial score (nSPS) is 24.1. The number of hydrogen-bond donors (Lipinski definition) is 3. The first kappa shape index (κ1) is 20.3. The lowest BCUT2D eigenvalue weighted by Crippen LogP contribution is -2.51. The number of nitrogens with one attached hydrogen (secondary N) is 2. The number of carbonyl (C=O) groups is 1. The standard InChI is InChI=1S/C21H28ClN5O2/c1-13-19(14(2)26(3)25-13)17-12-18(24-23-17)20(28)27-10-8-21(29,9-11-27)15-4-6-16(22)7-5-15/h4-7,17-18,23-24,29H,8-12H2,1-3H3. The van der Waals surface area contributed by atoms with Crippen molar-refractivity contribution in [1.29, 1.82) is 0 Å². The van der Waals surface area contributed by atoms with Gasteiger partial charge >= 0.3 is 0 Å². The molecule has 0 aliphatic carbocycles. The molecule has 2 unspecified atom stereocenters. The van der Waals surface area contributed by atoms with Gasteiger partial charge in [-0.3, -0.25) is 9.48 Å². The highest BCUT2D eigenvalue weighted by Gasteiger charge is 2.39. The van der Waals surface area contributed by atoms with Crippen molar-refractivity contribution < 1.29 is 9.90 Å². The lowest BCUT2D eigenvalue weighted by Gasteiger charge is -2.39. The van der Waals surface area contributed by atoms with Crippen molar-refractivity contribution >= 4 is 17.5 Å². The molecule has 156 valence electrons. The molecule has 0 radical (unpaired) electrons. The van der Waals surface area contributed by atoms with Gasteiger partial charge in [-0.15, -0.1) is 0 Å². The minimum absolute atomic E-state index is 0.0634. The Morgan fingerprint density at radius 2 is 1.86 bits per heavy atom. The summed E-state index contributed by atoms with van der Waals surface area (Å²) < 4.78 is 1.88. The zero-order chi connectivity index (χ0) is 20.8. The Kier molecular flexibility index (Phi) is 5.42. The van der Waals surface area contributed by atoms with E-state index in [1.807, 2.05) is 42.6 Å². The lowest BCUT2D eigenvalue weighted by atomic mass is 9.84. The third kappa shape index (κ3) is 3.80. The van der Waals surface area contributed by atoms with Crippen LogP contribution in [0.3, 0.4) is 0 Å². The third-order valence-electron chi connectivity index (χ3n) is 6.40. The number of aromatic nitrogens is 2. The van der Waals surface area contributed by atoms with Crippen molar-refractivity contribution in [3.63, 3.8) is 0 Å². The molecule has 2 fully saturated rings. The molecule has 2 saturated heterocycles. The van der Waals surface area contributed by atoms with Gasteiger partial charge in [-0.2, -0.15) is 5.10 Å². The van der Waals surface area contributed by atoms with Gasteiger partial charge in [0.2, 0.25) is 5.91 Å². The van der Waals surface area contributed by atoms with E-state index in [2.05, 4.69) is 16.0 Å². The van der Waals surface area contributed by atoms with Crippen LogP contribution in [0.15, 0.2) is 24.3 Å². The smallest absolute Gasteiger partial charge is 0.241 e. The van der Waals surface area contributed by atoms with Crippen LogP contribution in [0.1, 0.15) is 47.8 Å². The van der Waals surface area contributed by atoms with Gasteiger partial charge in [0.25, 0.3) is 0 Å². The predicted molar refractivity (Wildman–Crippen MR) is 111 cm³/mol. The Morgan fingerprint density at radius 3 is 2.45 bits per heavy atom. The van der Waals surface area contributed by atoms with E-state index in [1.165, 1.54) is 0 Å². The van der Waals surface area contributed by atoms with Crippen LogP contribution in [-0.2, 0) is 17.4 Å². The molecule has 7 nitrogen and oxygen atoms in total. The molecule has 1 aromatic carbocycles. The Morgan fingerprint density at radius 1 is 1.21 bits per heavy atom. The predicted octanol–water partition coefficient (Wildman–Crippen LogP) is 2.11. The molecule has 4 rings (SSSR count). The molecule has 0 bridgehead atoms. The molecule has 2 aromatic rings. The van der Waals surface area contributed by atoms with E-state index in [0.29, 0.717) is 37.4 Å². The average Bonchev–Trinajstić information content (AvgIpc) is 3.27. The molecule has 29 heavy (non-hydrogen) atoms. The summed E-state index contributed by atoms with van der Waals surface area (Å²) in [6.07, 6.45) is 1.72. The van der Waals surface area contributed by atoms with Gasteiger partial charge in [-0.1, -0.05) is 23.7 Å². The van der Waals surface area contributed by atoms with Gasteiger partial charge in [-0.25, -0.2) is 10.9 Å². The van der Waals surface area contributed by atoms with Crippen molar-refractivity contribution in [1.82, 2.24) is 25.5 Å². The summed E-state index contributed by atoms with van der Waals surface area (Å²) in [6, 6.07) is 7.11. The van der Waals surface area contributed by atoms with E-state index < -0.39 is 5.60 Å². The van der Waals surface area contributed by atoms with Crippen molar-refractivity contribution in [3.8, 4) is 0 Å². The zero-order valence-corrected chi connectivity index (χ0v) is 17.8. The summed E-state index contributed by atoms with van der Waals surface area (Å²) in [6.45, 7) is 5.12. The maximum Gasteiger partial charge on any atom is 0.241 e. The van der Waals surface area contributed by atoms with Crippen LogP contribution in [0.25, 0.3) is 0 Å². The zero-order valence-electron chi connectivity index (χ0n) is 17.1. The molecule has 2 atom stereocenters. The van der Waals surface area contributed by atoms with Crippen LogP contribution < -0.4 is 10.9 Å². The summed E-state index contributed by atoms with van der Waals surface area (Å²) in [4.78, 5) is 14.9. The Hall–Kier alpha value is -1.93. The first-order valence-corrected chi connectivity index (χ1v) is 10.4. The van der Waals surface area contributed by atoms with Crippen molar-refractivity contribution in [3.05, 3.63) is 51.8 Å². The topological polar surface area (TPSA) is 82.4 Å². The highest BCUT2D eigenvalue weighted by Crippen LogP contribution is 2.34. The molecule has 0 saturated carbocycles. The first-order valence-electron chi connectivity index (χ1n) is 10.1. The monoisotopic (exact) mass is 417 g/mol. The molecule has 3 N–H and O–H groups in total. The molecule has 1 aromatic heterocycles. The van der Waals surface area contributed by atoms with Crippen molar-refractivity contribution in [2.45, 2.75) is 50.8 Å². The third-order valence-corrected chi connectivity index (χ3v) is 6.65. The Bertz CT molecular complexity index is 903. The fourth-order valence-electron chi connectivity index (χ4n) is 4.57. The molecule has 0 spiro atoms. The number of carbonyl (C=O) groups excluding carboxylic acids is 1. The molecule has 3 heterocycles. The quantitative estimate of drug-likeness (QED) is 0.712. The number of nitrogens with zero attached hydrogens (tertiary/aromatic N) is 3. The Labute approximate surface area is 176 Å². The summed E-state index contributed by atoms with van der Waals surface area (Å²) in [5.74, 6) is 0.0809. The summed E-state index contributed by atoms with van der Waals surface area (Å²) in [7, 11) is 1.94. The molecule has 8 heteroatoms. The number of aryl methyl sites for hydroxylation is 2. The number of amides is 1. The van der Waals surface area contributed by atoms with E-state index in [0.717, 1.165) is 22.5 Å². The largest absolute Gasteiger partial charge is 0.385 e. The second-order valence-corrected chi connectivity index (χ2v) is 8.64. The average molecular weight is 418 g/mol. The fourth-order valence-corrected chi connectivity index (χ4v) is 4.69.